The highest BCUT2D eigenvalue weighted by Crippen LogP contribution is 2.50. The van der Waals surface area contributed by atoms with Crippen LogP contribution in [0.4, 0.5) is 11.4 Å². The van der Waals surface area contributed by atoms with Crippen LogP contribution in [0.5, 0.6) is 5.75 Å². The molecule has 0 bridgehead atoms. The van der Waals surface area contributed by atoms with Gasteiger partial charge in [-0.15, -0.1) is 0 Å². The minimum Gasteiger partial charge on any atom is -0.495 e. The summed E-state index contributed by atoms with van der Waals surface area (Å²) in [4.78, 5) is 28.1. The van der Waals surface area contributed by atoms with Gasteiger partial charge in [0.15, 0.2) is 0 Å². The van der Waals surface area contributed by atoms with Gasteiger partial charge in [0.1, 0.15) is 11.2 Å². The lowest BCUT2D eigenvalue weighted by atomic mass is 9.97. The van der Waals surface area contributed by atoms with Gasteiger partial charge in [-0.25, -0.2) is 0 Å². The van der Waals surface area contributed by atoms with E-state index in [1.54, 1.807) is 23.1 Å². The summed E-state index contributed by atoms with van der Waals surface area (Å²) in [5.74, 6) is 0.101. The maximum atomic E-state index is 13.3. The molecule has 0 atom stereocenters. The molecule has 2 aromatic rings. The van der Waals surface area contributed by atoms with Gasteiger partial charge < -0.3 is 15.0 Å². The zero-order chi connectivity index (χ0) is 19.0. The molecule has 1 fully saturated rings. The van der Waals surface area contributed by atoms with Crippen molar-refractivity contribution in [3.05, 3.63) is 53.1 Å². The van der Waals surface area contributed by atoms with E-state index in [1.165, 1.54) is 7.11 Å². The fourth-order valence-corrected chi connectivity index (χ4v) is 3.86. The number of ether oxygens (including phenoxy) is 1. The Morgan fingerprint density at radius 3 is 2.70 bits per heavy atom. The largest absolute Gasteiger partial charge is 0.495 e. The molecule has 4 rings (SSSR count). The fraction of sp³-hybridized carbons (Fsp3) is 0.333. The van der Waals surface area contributed by atoms with Gasteiger partial charge in [-0.3, -0.25) is 9.59 Å². The van der Waals surface area contributed by atoms with Crippen LogP contribution in [-0.4, -0.2) is 25.5 Å². The number of hydrogen-bond acceptors (Lipinski definition) is 3. The van der Waals surface area contributed by atoms with Gasteiger partial charge in [-0.2, -0.15) is 0 Å². The van der Waals surface area contributed by atoms with E-state index in [9.17, 15) is 9.59 Å². The number of methoxy groups -OCH3 is 1. The van der Waals surface area contributed by atoms with Crippen molar-refractivity contribution in [2.75, 3.05) is 23.9 Å². The summed E-state index contributed by atoms with van der Waals surface area (Å²) in [5, 5.41) is 3.35. The second kappa shape index (κ2) is 6.89. The second-order valence-corrected chi connectivity index (χ2v) is 7.51. The maximum absolute atomic E-state index is 13.3. The third-order valence-electron chi connectivity index (χ3n) is 5.36. The molecule has 0 spiro atoms. The number of nitrogens with one attached hydrogen (secondary N) is 1. The van der Waals surface area contributed by atoms with Crippen LogP contribution in [0.2, 0.25) is 5.02 Å². The minimum absolute atomic E-state index is 0.117. The van der Waals surface area contributed by atoms with Gasteiger partial charge in [0.25, 0.3) is 0 Å². The Labute approximate surface area is 163 Å². The molecule has 6 heteroatoms. The molecule has 0 radical (unpaired) electrons. The summed E-state index contributed by atoms with van der Waals surface area (Å²) in [5.41, 5.74) is 1.56. The van der Waals surface area contributed by atoms with Crippen molar-refractivity contribution in [1.29, 1.82) is 0 Å². The molecule has 0 unspecified atom stereocenters. The molecule has 5 nitrogen and oxygen atoms in total. The van der Waals surface area contributed by atoms with Crippen molar-refractivity contribution in [2.45, 2.75) is 25.7 Å². The third kappa shape index (κ3) is 3.16. The zero-order valence-corrected chi connectivity index (χ0v) is 15.9. The molecule has 0 saturated heterocycles. The second-order valence-electron chi connectivity index (χ2n) is 7.07. The number of amides is 2. The van der Waals surface area contributed by atoms with Crippen molar-refractivity contribution in [2.24, 2.45) is 5.41 Å². The predicted molar refractivity (Wildman–Crippen MR) is 105 cm³/mol. The Morgan fingerprint density at radius 1 is 1.19 bits per heavy atom. The number of nitrogens with zero attached hydrogens (tertiary/aromatic N) is 1. The molecule has 140 valence electrons. The van der Waals surface area contributed by atoms with Crippen LogP contribution in [0, 0.1) is 5.41 Å². The van der Waals surface area contributed by atoms with E-state index in [1.807, 2.05) is 24.3 Å². The number of para-hydroxylation sites is 1. The van der Waals surface area contributed by atoms with E-state index in [0.29, 0.717) is 35.8 Å². The average Bonchev–Trinajstić information content (AvgIpc) is 3.49. The van der Waals surface area contributed by atoms with Crippen LogP contribution < -0.4 is 15.0 Å². The molecule has 1 N–H and O–H groups in total. The quantitative estimate of drug-likeness (QED) is 0.809. The molecular formula is C21H21ClN2O3. The van der Waals surface area contributed by atoms with E-state index in [2.05, 4.69) is 5.32 Å². The summed E-state index contributed by atoms with van der Waals surface area (Å²) >= 11 is 6.05. The number of carbonyl (C=O) groups excluding carboxylic acids is 2. The zero-order valence-electron chi connectivity index (χ0n) is 15.1. The third-order valence-corrected chi connectivity index (χ3v) is 5.59. The number of fused-ring (bicyclic) bond motifs is 1. The number of anilines is 2. The van der Waals surface area contributed by atoms with Crippen molar-refractivity contribution >= 4 is 34.8 Å². The van der Waals surface area contributed by atoms with Gasteiger partial charge in [0, 0.05) is 17.3 Å². The minimum atomic E-state index is -1.00. The first-order valence-corrected chi connectivity index (χ1v) is 9.48. The maximum Gasteiger partial charge on any atom is 0.242 e. The molecule has 27 heavy (non-hydrogen) atoms. The standard InChI is InChI=1S/C21H21ClN2O3/c1-27-18-9-8-15(22)13-16(18)23-19(25)21(10-11-21)20(26)24-12-4-6-14-5-2-3-7-17(14)24/h2-3,5,7-9,13H,4,6,10-12H2,1H3,(H,23,25). The predicted octanol–water partition coefficient (Wildman–Crippen LogP) is 4.05. The Hall–Kier alpha value is -2.53. The summed E-state index contributed by atoms with van der Waals surface area (Å²) in [6.45, 7) is 0.644. The van der Waals surface area contributed by atoms with Gasteiger partial charge in [-0.1, -0.05) is 29.8 Å². The molecule has 1 aliphatic heterocycles. The molecule has 1 heterocycles. The van der Waals surface area contributed by atoms with Gasteiger partial charge in [0.05, 0.1) is 12.8 Å². The first kappa shape index (κ1) is 17.9. The monoisotopic (exact) mass is 384 g/mol. The molecule has 1 aliphatic carbocycles. The van der Waals surface area contributed by atoms with Gasteiger partial charge >= 0.3 is 0 Å². The molecule has 2 aliphatic rings. The Kier molecular flexibility index (Phi) is 4.56. The number of benzene rings is 2. The highest BCUT2D eigenvalue weighted by atomic mass is 35.5. The van der Waals surface area contributed by atoms with Crippen LogP contribution in [0.15, 0.2) is 42.5 Å². The van der Waals surface area contributed by atoms with E-state index < -0.39 is 5.41 Å². The van der Waals surface area contributed by atoms with E-state index in [-0.39, 0.29) is 11.8 Å². The summed E-state index contributed by atoms with van der Waals surface area (Å²) < 4.78 is 5.29. The Bertz CT molecular complexity index is 908. The lowest BCUT2D eigenvalue weighted by Crippen LogP contribution is -2.45. The van der Waals surface area contributed by atoms with Crippen LogP contribution in [-0.2, 0) is 16.0 Å². The first-order valence-electron chi connectivity index (χ1n) is 9.10. The SMILES string of the molecule is COc1ccc(Cl)cc1NC(=O)C1(C(=O)N2CCCc3ccccc32)CC1. The summed E-state index contributed by atoms with van der Waals surface area (Å²) in [7, 11) is 1.53. The van der Waals surface area contributed by atoms with Crippen LogP contribution in [0.3, 0.4) is 0 Å². The van der Waals surface area contributed by atoms with Crippen LogP contribution in [0.1, 0.15) is 24.8 Å². The van der Waals surface area contributed by atoms with E-state index in [0.717, 1.165) is 24.1 Å². The fourth-order valence-electron chi connectivity index (χ4n) is 3.69. The Balaban J connectivity index is 1.58. The molecule has 2 aromatic carbocycles. The van der Waals surface area contributed by atoms with Gasteiger partial charge in [-0.05, 0) is 55.5 Å². The highest BCUT2D eigenvalue weighted by Gasteiger charge is 2.58. The van der Waals surface area contributed by atoms with Crippen molar-refractivity contribution in [3.63, 3.8) is 0 Å². The molecule has 0 aromatic heterocycles. The number of halogens is 1. The van der Waals surface area contributed by atoms with E-state index in [4.69, 9.17) is 16.3 Å². The summed E-state index contributed by atoms with van der Waals surface area (Å²) in [6.07, 6.45) is 2.97. The van der Waals surface area contributed by atoms with Gasteiger partial charge in [0.2, 0.25) is 11.8 Å². The highest BCUT2D eigenvalue weighted by molar-refractivity contribution is 6.31. The van der Waals surface area contributed by atoms with E-state index >= 15 is 0 Å². The van der Waals surface area contributed by atoms with Crippen molar-refractivity contribution in [3.8, 4) is 5.75 Å². The van der Waals surface area contributed by atoms with Crippen molar-refractivity contribution in [1.82, 2.24) is 0 Å². The lowest BCUT2D eigenvalue weighted by molar-refractivity contribution is -0.132. The molecule has 2 amide bonds. The number of hydrogen-bond donors (Lipinski definition) is 1. The first-order chi connectivity index (χ1) is 13.0. The number of aryl methyl sites for hydroxylation is 1. The topological polar surface area (TPSA) is 58.6 Å². The normalized spacial score (nSPS) is 17.0. The molecular weight excluding hydrogens is 364 g/mol. The number of rotatable bonds is 4. The Morgan fingerprint density at radius 2 is 1.96 bits per heavy atom. The molecule has 1 saturated carbocycles. The van der Waals surface area contributed by atoms with Crippen LogP contribution in [0.25, 0.3) is 0 Å². The van der Waals surface area contributed by atoms with Crippen molar-refractivity contribution < 1.29 is 14.3 Å². The summed E-state index contributed by atoms with van der Waals surface area (Å²) in [6, 6.07) is 12.9. The van der Waals surface area contributed by atoms with Crippen LogP contribution >= 0.6 is 11.6 Å². The smallest absolute Gasteiger partial charge is 0.242 e. The lowest BCUT2D eigenvalue weighted by Gasteiger charge is -2.32. The number of carbonyl (C=O) groups is 2. The average molecular weight is 385 g/mol.